The van der Waals surface area contributed by atoms with E-state index in [0.29, 0.717) is 11.6 Å². The van der Waals surface area contributed by atoms with Crippen molar-refractivity contribution < 1.29 is 0 Å². The second-order valence-corrected chi connectivity index (χ2v) is 10.7. The van der Waals surface area contributed by atoms with Gasteiger partial charge in [-0.1, -0.05) is 30.3 Å². The summed E-state index contributed by atoms with van der Waals surface area (Å²) in [5.74, 6) is 2.21. The summed E-state index contributed by atoms with van der Waals surface area (Å²) in [6, 6.07) is 22.4. The topological polar surface area (TPSA) is 71.5 Å². The van der Waals surface area contributed by atoms with E-state index in [1.807, 2.05) is 54.3 Å². The highest BCUT2D eigenvalue weighted by Crippen LogP contribution is 2.31. The van der Waals surface area contributed by atoms with Crippen LogP contribution in [0.4, 0.5) is 11.4 Å². The molecule has 7 heteroatoms. The van der Waals surface area contributed by atoms with E-state index < -0.39 is 0 Å². The van der Waals surface area contributed by atoms with Gasteiger partial charge < -0.3 is 10.6 Å². The predicted octanol–water partition coefficient (Wildman–Crippen LogP) is 6.48. The molecule has 6 rings (SSSR count). The lowest BCUT2D eigenvalue weighted by Crippen LogP contribution is -2.25. The minimum Gasteiger partial charge on any atom is -0.339 e. The van der Waals surface area contributed by atoms with Crippen LogP contribution in [0.3, 0.4) is 0 Å². The molecule has 0 spiro atoms. The molecule has 0 radical (unpaired) electrons. The average molecular weight is 516 g/mol. The number of benzene rings is 2. The van der Waals surface area contributed by atoms with Crippen molar-refractivity contribution in [1.29, 1.82) is 0 Å². The third kappa shape index (κ3) is 6.24. The number of anilines is 1. The molecule has 1 unspecified atom stereocenters. The van der Waals surface area contributed by atoms with Gasteiger partial charge in [0.15, 0.2) is 11.5 Å². The molecular weight excluding hydrogens is 482 g/mol. The molecule has 2 aliphatic carbocycles. The molecule has 39 heavy (non-hydrogen) atoms. The van der Waals surface area contributed by atoms with Gasteiger partial charge in [0.05, 0.1) is 24.0 Å². The smallest absolute Gasteiger partial charge is 0.189 e. The van der Waals surface area contributed by atoms with Gasteiger partial charge in [0.1, 0.15) is 5.69 Å². The minimum absolute atomic E-state index is 0.0667. The van der Waals surface area contributed by atoms with Gasteiger partial charge in [0.2, 0.25) is 0 Å². The first-order valence-electron chi connectivity index (χ1n) is 13.8. The number of aromatic nitrogens is 3. The van der Waals surface area contributed by atoms with E-state index >= 15 is 0 Å². The summed E-state index contributed by atoms with van der Waals surface area (Å²) in [6.45, 7) is 11.2. The van der Waals surface area contributed by atoms with Crippen molar-refractivity contribution in [1.82, 2.24) is 20.1 Å². The molecule has 0 bridgehead atoms. The summed E-state index contributed by atoms with van der Waals surface area (Å²) < 4.78 is 1.89. The molecule has 2 saturated carbocycles. The van der Waals surface area contributed by atoms with E-state index in [1.54, 1.807) is 0 Å². The highest BCUT2D eigenvalue weighted by molar-refractivity contribution is 6.07. The lowest BCUT2D eigenvalue weighted by molar-refractivity contribution is 0.572. The van der Waals surface area contributed by atoms with Gasteiger partial charge in [-0.25, -0.2) is 9.53 Å². The molecule has 0 aliphatic heterocycles. The molecule has 2 heterocycles. The number of aliphatic imine (C=N–C) groups is 1. The van der Waals surface area contributed by atoms with Crippen LogP contribution in [0.25, 0.3) is 10.5 Å². The number of hydrogen-bond donors (Lipinski definition) is 2. The maximum absolute atomic E-state index is 7.44. The summed E-state index contributed by atoms with van der Waals surface area (Å²) in [5, 5.41) is 12.2. The van der Waals surface area contributed by atoms with Crippen LogP contribution in [0, 0.1) is 25.3 Å². The molecule has 2 fully saturated rings. The Labute approximate surface area is 229 Å². The maximum atomic E-state index is 7.44. The fraction of sp³-hybridized carbons (Fsp3) is 0.312. The number of amidine groups is 1. The third-order valence-electron chi connectivity index (χ3n) is 7.29. The van der Waals surface area contributed by atoms with Gasteiger partial charge in [-0.05, 0) is 98.5 Å². The van der Waals surface area contributed by atoms with Crippen molar-refractivity contribution in [3.8, 4) is 5.69 Å². The fourth-order valence-electron chi connectivity index (χ4n) is 4.78. The quantitative estimate of drug-likeness (QED) is 0.144. The van der Waals surface area contributed by atoms with Crippen molar-refractivity contribution in [3.05, 3.63) is 113 Å². The first-order valence-corrected chi connectivity index (χ1v) is 13.8. The van der Waals surface area contributed by atoms with Gasteiger partial charge in [0.25, 0.3) is 0 Å². The highest BCUT2D eigenvalue weighted by Gasteiger charge is 2.24. The minimum atomic E-state index is 0.0667. The van der Waals surface area contributed by atoms with E-state index in [0.717, 1.165) is 53.2 Å². The number of rotatable bonds is 10. The van der Waals surface area contributed by atoms with Crippen LogP contribution in [0.1, 0.15) is 54.2 Å². The molecule has 0 amide bonds. The zero-order valence-electron chi connectivity index (χ0n) is 22.2. The Bertz CT molecular complexity index is 1510. The lowest BCUT2D eigenvalue weighted by atomic mass is 9.99. The molecular formula is C32H33N7. The normalized spacial score (nSPS) is 16.1. The molecule has 0 saturated heterocycles. The van der Waals surface area contributed by atoms with E-state index in [1.165, 1.54) is 31.2 Å². The number of nitrogens with zero attached hydrogens (tertiary/aromatic N) is 5. The molecule has 196 valence electrons. The van der Waals surface area contributed by atoms with Crippen molar-refractivity contribution in [2.75, 3.05) is 18.4 Å². The van der Waals surface area contributed by atoms with Crippen LogP contribution in [0.15, 0.2) is 84.1 Å². The molecule has 2 aromatic heterocycles. The molecule has 2 aromatic carbocycles. The van der Waals surface area contributed by atoms with Crippen LogP contribution >= 0.6 is 0 Å². The summed E-state index contributed by atoms with van der Waals surface area (Å²) in [4.78, 5) is 13.0. The Hall–Kier alpha value is -4.28. The number of nitrogens with one attached hydrogen (secondary N) is 2. The van der Waals surface area contributed by atoms with Gasteiger partial charge >= 0.3 is 0 Å². The Morgan fingerprint density at radius 1 is 1.03 bits per heavy atom. The van der Waals surface area contributed by atoms with E-state index in [-0.39, 0.29) is 6.04 Å². The third-order valence-corrected chi connectivity index (χ3v) is 7.29. The van der Waals surface area contributed by atoms with Crippen LogP contribution in [-0.4, -0.2) is 33.7 Å². The second kappa shape index (κ2) is 11.2. The Kier molecular flexibility index (Phi) is 7.20. The molecule has 7 nitrogen and oxygen atoms in total. The van der Waals surface area contributed by atoms with E-state index in [4.69, 9.17) is 16.7 Å². The summed E-state index contributed by atoms with van der Waals surface area (Å²) >= 11 is 0. The zero-order valence-corrected chi connectivity index (χ0v) is 22.2. The van der Waals surface area contributed by atoms with Gasteiger partial charge in [0, 0.05) is 24.6 Å². The van der Waals surface area contributed by atoms with Gasteiger partial charge in [-0.15, -0.1) is 0 Å². The van der Waals surface area contributed by atoms with Crippen LogP contribution < -0.4 is 10.6 Å². The molecule has 4 aromatic rings. The Morgan fingerprint density at radius 3 is 2.62 bits per heavy atom. The maximum Gasteiger partial charge on any atom is 0.189 e. The number of hydrogen-bond acceptors (Lipinski definition) is 4. The van der Waals surface area contributed by atoms with Crippen molar-refractivity contribution in [2.45, 2.75) is 38.6 Å². The van der Waals surface area contributed by atoms with Crippen LogP contribution in [0.5, 0.6) is 0 Å². The molecule has 2 aliphatic rings. The van der Waals surface area contributed by atoms with Crippen molar-refractivity contribution in [3.63, 3.8) is 0 Å². The van der Waals surface area contributed by atoms with E-state index in [2.05, 4.69) is 56.9 Å². The first kappa shape index (κ1) is 25.0. The number of aryl methyl sites for hydroxylation is 1. The number of pyridine rings is 1. The highest BCUT2D eigenvalue weighted by atomic mass is 15.3. The summed E-state index contributed by atoms with van der Waals surface area (Å²) in [6.07, 6.45) is 8.85. The largest absolute Gasteiger partial charge is 0.339 e. The van der Waals surface area contributed by atoms with Crippen molar-refractivity contribution in [2.24, 2.45) is 16.8 Å². The van der Waals surface area contributed by atoms with Crippen LogP contribution in [-0.2, 0) is 0 Å². The van der Waals surface area contributed by atoms with Gasteiger partial charge in [-0.2, -0.15) is 5.10 Å². The fourth-order valence-corrected chi connectivity index (χ4v) is 4.78. The first-order chi connectivity index (χ1) is 19.2. The molecule has 2 N–H and O–H groups in total. The lowest BCUT2D eigenvalue weighted by Gasteiger charge is -2.21. The Balaban J connectivity index is 1.33. The SMILES string of the molecule is [C-]#[N+]c1cccc(-n2nc(C)cc2C(=NCC2CC2)Nc2cccc(C(NCC3CC3)c3cccnc3)c2)c1. The summed E-state index contributed by atoms with van der Waals surface area (Å²) in [7, 11) is 0. The summed E-state index contributed by atoms with van der Waals surface area (Å²) in [5.41, 5.74) is 6.54. The second-order valence-electron chi connectivity index (χ2n) is 10.7. The van der Waals surface area contributed by atoms with Gasteiger partial charge in [-0.3, -0.25) is 9.98 Å². The average Bonchev–Trinajstić information content (AvgIpc) is 3.91. The van der Waals surface area contributed by atoms with E-state index in [9.17, 15) is 0 Å². The van der Waals surface area contributed by atoms with Crippen LogP contribution in [0.2, 0.25) is 0 Å². The monoisotopic (exact) mass is 515 g/mol. The predicted molar refractivity (Wildman–Crippen MR) is 156 cm³/mol. The van der Waals surface area contributed by atoms with Crippen molar-refractivity contribution >= 4 is 17.2 Å². The molecule has 1 atom stereocenters. The Morgan fingerprint density at radius 2 is 1.85 bits per heavy atom. The zero-order chi connectivity index (χ0) is 26.6. The standard InChI is InChI=1S/C32H33N7/c1-22-16-30(39(38-22)29-10-4-8-27(18-29)33-2)32(36-20-24-13-14-24)37-28-9-3-6-25(17-28)31(35-19-23-11-12-23)26-7-5-15-34-21-26/h3-10,15-18,21,23-24,31,35H,11-14,19-20H2,1H3,(H,36,37).